The Morgan fingerprint density at radius 3 is 2.85 bits per heavy atom. The lowest BCUT2D eigenvalue weighted by molar-refractivity contribution is 0.384. The Kier molecular flexibility index (Phi) is 3.69. The molecular weight excluding hydrogens is 276 g/mol. The van der Waals surface area contributed by atoms with Crippen LogP contribution in [0.15, 0.2) is 16.9 Å². The summed E-state index contributed by atoms with van der Waals surface area (Å²) in [6, 6.07) is 3.63. The van der Waals surface area contributed by atoms with E-state index in [9.17, 15) is 13.2 Å². The van der Waals surface area contributed by atoms with E-state index in [0.717, 1.165) is 43.4 Å². The summed E-state index contributed by atoms with van der Waals surface area (Å²) >= 11 is 0. The molecule has 0 radical (unpaired) electrons. The van der Waals surface area contributed by atoms with E-state index >= 15 is 0 Å². The van der Waals surface area contributed by atoms with E-state index in [-0.39, 0.29) is 23.4 Å². The van der Waals surface area contributed by atoms with E-state index in [1.54, 1.807) is 6.07 Å². The molecule has 0 saturated carbocycles. The van der Waals surface area contributed by atoms with Crippen molar-refractivity contribution in [1.82, 2.24) is 10.3 Å². The van der Waals surface area contributed by atoms with Gasteiger partial charge in [-0.15, -0.1) is 0 Å². The Balaban J connectivity index is 1.78. The number of nitrogens with one attached hydrogen (secondary N) is 2. The monoisotopic (exact) mass is 296 g/mol. The lowest BCUT2D eigenvalue weighted by Crippen LogP contribution is -2.43. The van der Waals surface area contributed by atoms with Gasteiger partial charge < -0.3 is 10.3 Å². The zero-order chi connectivity index (χ0) is 14.2. The summed E-state index contributed by atoms with van der Waals surface area (Å²) in [5, 5.41) is 3.49. The Labute approximate surface area is 118 Å². The van der Waals surface area contributed by atoms with Gasteiger partial charge in [0.05, 0.1) is 11.5 Å². The molecule has 1 saturated heterocycles. The maximum atomic E-state index is 11.7. The van der Waals surface area contributed by atoms with Crippen LogP contribution in [-0.4, -0.2) is 30.9 Å². The Morgan fingerprint density at radius 2 is 2.05 bits per heavy atom. The molecule has 2 heterocycles. The van der Waals surface area contributed by atoms with E-state index in [0.29, 0.717) is 5.75 Å². The number of fused-ring (bicyclic) bond motifs is 1. The molecule has 2 aliphatic rings. The third kappa shape index (κ3) is 2.96. The van der Waals surface area contributed by atoms with Gasteiger partial charge in [0.15, 0.2) is 9.84 Å². The van der Waals surface area contributed by atoms with E-state index < -0.39 is 9.84 Å². The van der Waals surface area contributed by atoms with Crippen LogP contribution in [-0.2, 0) is 16.3 Å². The van der Waals surface area contributed by atoms with Gasteiger partial charge in [0.2, 0.25) is 5.56 Å². The summed E-state index contributed by atoms with van der Waals surface area (Å²) < 4.78 is 23.4. The van der Waals surface area contributed by atoms with Crippen molar-refractivity contribution in [1.29, 1.82) is 0 Å². The minimum atomic E-state index is -2.89. The van der Waals surface area contributed by atoms with Gasteiger partial charge in [-0.25, -0.2) is 8.42 Å². The minimum Gasteiger partial charge on any atom is -0.326 e. The molecule has 2 atom stereocenters. The largest absolute Gasteiger partial charge is 0.326 e. The van der Waals surface area contributed by atoms with Gasteiger partial charge in [0.25, 0.3) is 0 Å². The van der Waals surface area contributed by atoms with Crippen molar-refractivity contribution in [3.05, 3.63) is 33.7 Å². The first-order chi connectivity index (χ1) is 9.53. The average Bonchev–Trinajstić information content (AvgIpc) is 2.37. The summed E-state index contributed by atoms with van der Waals surface area (Å²) in [6.07, 6.45) is 4.56. The summed E-state index contributed by atoms with van der Waals surface area (Å²) in [5.74, 6) is 0.557. The molecule has 1 aliphatic heterocycles. The number of sulfone groups is 1. The lowest BCUT2D eigenvalue weighted by Gasteiger charge is -2.31. The molecule has 0 spiro atoms. The SMILES string of the molecule is O=c1ccc2c([nH]1)CCCC2NC1CCCS(=O)(=O)C1. The van der Waals surface area contributed by atoms with Gasteiger partial charge in [-0.05, 0) is 37.7 Å². The first-order valence-electron chi connectivity index (χ1n) is 7.22. The van der Waals surface area contributed by atoms with E-state index in [2.05, 4.69) is 10.3 Å². The highest BCUT2D eigenvalue weighted by atomic mass is 32.2. The maximum Gasteiger partial charge on any atom is 0.248 e. The highest BCUT2D eigenvalue weighted by molar-refractivity contribution is 7.91. The number of aromatic amines is 1. The van der Waals surface area contributed by atoms with Crippen LogP contribution in [0.4, 0.5) is 0 Å². The number of aryl methyl sites for hydroxylation is 1. The van der Waals surface area contributed by atoms with Crippen LogP contribution in [0.5, 0.6) is 0 Å². The van der Waals surface area contributed by atoms with Crippen molar-refractivity contribution in [2.75, 3.05) is 11.5 Å². The third-order valence-electron chi connectivity index (χ3n) is 4.23. The van der Waals surface area contributed by atoms with E-state index in [4.69, 9.17) is 0 Å². The first-order valence-corrected chi connectivity index (χ1v) is 9.04. The molecule has 0 amide bonds. The second kappa shape index (κ2) is 5.33. The predicted octanol–water partition coefficient (Wildman–Crippen LogP) is 0.919. The lowest BCUT2D eigenvalue weighted by atomic mass is 9.90. The van der Waals surface area contributed by atoms with Crippen LogP contribution in [0.3, 0.4) is 0 Å². The molecule has 1 aromatic heterocycles. The molecule has 5 nitrogen and oxygen atoms in total. The van der Waals surface area contributed by atoms with Gasteiger partial charge in [0.1, 0.15) is 0 Å². The van der Waals surface area contributed by atoms with Crippen molar-refractivity contribution in [2.45, 2.75) is 44.2 Å². The smallest absolute Gasteiger partial charge is 0.248 e. The highest BCUT2D eigenvalue weighted by Gasteiger charge is 2.28. The predicted molar refractivity (Wildman–Crippen MR) is 77.6 cm³/mol. The molecule has 20 heavy (non-hydrogen) atoms. The zero-order valence-electron chi connectivity index (χ0n) is 11.4. The fourth-order valence-corrected chi connectivity index (χ4v) is 4.96. The molecule has 6 heteroatoms. The van der Waals surface area contributed by atoms with Crippen LogP contribution in [0.25, 0.3) is 0 Å². The van der Waals surface area contributed by atoms with Crippen molar-refractivity contribution in [3.63, 3.8) is 0 Å². The topological polar surface area (TPSA) is 79.0 Å². The first kappa shape index (κ1) is 13.8. The molecule has 1 aliphatic carbocycles. The number of hydrogen-bond donors (Lipinski definition) is 2. The van der Waals surface area contributed by atoms with Gasteiger partial charge in [-0.1, -0.05) is 6.07 Å². The van der Waals surface area contributed by atoms with Crippen molar-refractivity contribution in [2.24, 2.45) is 0 Å². The summed E-state index contributed by atoms with van der Waals surface area (Å²) in [5.41, 5.74) is 2.06. The fraction of sp³-hybridized carbons (Fsp3) is 0.643. The summed E-state index contributed by atoms with van der Waals surface area (Å²) in [7, 11) is -2.89. The number of H-pyrrole nitrogens is 1. The molecule has 1 fully saturated rings. The third-order valence-corrected chi connectivity index (χ3v) is 6.05. The molecule has 110 valence electrons. The highest BCUT2D eigenvalue weighted by Crippen LogP contribution is 2.29. The number of rotatable bonds is 2. The summed E-state index contributed by atoms with van der Waals surface area (Å²) in [6.45, 7) is 0. The normalized spacial score (nSPS) is 28.8. The van der Waals surface area contributed by atoms with Crippen molar-refractivity contribution in [3.8, 4) is 0 Å². The Hall–Kier alpha value is -1.14. The van der Waals surface area contributed by atoms with Gasteiger partial charge in [0, 0.05) is 23.8 Å². The molecule has 1 aromatic rings. The summed E-state index contributed by atoms with van der Waals surface area (Å²) in [4.78, 5) is 14.3. The van der Waals surface area contributed by atoms with Crippen LogP contribution in [0, 0.1) is 0 Å². The van der Waals surface area contributed by atoms with E-state index in [1.807, 2.05) is 6.07 Å². The van der Waals surface area contributed by atoms with E-state index in [1.165, 1.54) is 0 Å². The molecule has 0 bridgehead atoms. The van der Waals surface area contributed by atoms with Crippen LogP contribution >= 0.6 is 0 Å². The second-order valence-corrected chi connectivity index (χ2v) is 8.05. The van der Waals surface area contributed by atoms with Crippen molar-refractivity contribution < 1.29 is 8.42 Å². The van der Waals surface area contributed by atoms with Crippen molar-refractivity contribution >= 4 is 9.84 Å². The molecule has 0 aromatic carbocycles. The molecule has 3 rings (SSSR count). The van der Waals surface area contributed by atoms with Crippen LogP contribution < -0.4 is 10.9 Å². The van der Waals surface area contributed by atoms with Crippen LogP contribution in [0.2, 0.25) is 0 Å². The number of hydrogen-bond acceptors (Lipinski definition) is 4. The minimum absolute atomic E-state index is 0.0385. The van der Waals surface area contributed by atoms with Gasteiger partial charge >= 0.3 is 0 Å². The average molecular weight is 296 g/mol. The van der Waals surface area contributed by atoms with Gasteiger partial charge in [-0.2, -0.15) is 0 Å². The maximum absolute atomic E-state index is 11.7. The standard InChI is InChI=1S/C14H20N2O3S/c17-14-7-6-11-12(4-1-5-13(11)16-14)15-10-3-2-8-20(18,19)9-10/h6-7,10,12,15H,1-5,8-9H2,(H,16,17). The molecular formula is C14H20N2O3S. The van der Waals surface area contributed by atoms with Gasteiger partial charge in [-0.3, -0.25) is 4.79 Å². The second-order valence-electron chi connectivity index (χ2n) is 5.82. The van der Waals surface area contributed by atoms with Crippen LogP contribution in [0.1, 0.15) is 43.0 Å². The number of pyridine rings is 1. The Bertz CT molecular complexity index is 651. The fourth-order valence-electron chi connectivity index (χ4n) is 3.31. The zero-order valence-corrected chi connectivity index (χ0v) is 12.2. The molecule has 2 N–H and O–H groups in total. The Morgan fingerprint density at radius 1 is 1.20 bits per heavy atom. The quantitative estimate of drug-likeness (QED) is 0.850. The number of aromatic nitrogens is 1. The molecule has 2 unspecified atom stereocenters.